The molecular weight excluding hydrogens is 206 g/mol. The van der Waals surface area contributed by atoms with Gasteiger partial charge in [0.25, 0.3) is 0 Å². The highest BCUT2D eigenvalue weighted by Crippen LogP contribution is 2.30. The Morgan fingerprint density at radius 1 is 1.24 bits per heavy atom. The molecule has 0 heterocycles. The molecule has 1 aromatic carbocycles. The highest BCUT2D eigenvalue weighted by atomic mass is 14.7. The van der Waals surface area contributed by atoms with E-state index < -0.39 is 0 Å². The normalized spacial score (nSPS) is 10.2. The summed E-state index contributed by atoms with van der Waals surface area (Å²) < 4.78 is 0. The third-order valence-corrected chi connectivity index (χ3v) is 3.12. The zero-order chi connectivity index (χ0) is 13.0. The van der Waals surface area contributed by atoms with Gasteiger partial charge in [-0.1, -0.05) is 12.1 Å². The maximum absolute atomic E-state index is 4.64. The zero-order valence-corrected chi connectivity index (χ0v) is 11.7. The fraction of sp³-hybridized carbons (Fsp3) is 0.438. The van der Waals surface area contributed by atoms with Gasteiger partial charge in [0.15, 0.2) is 0 Å². The summed E-state index contributed by atoms with van der Waals surface area (Å²) in [7, 11) is 0. The van der Waals surface area contributed by atoms with E-state index in [4.69, 9.17) is 0 Å². The smallest absolute Gasteiger partial charge is 0.0689 e. The van der Waals surface area contributed by atoms with Crippen molar-refractivity contribution in [2.45, 2.75) is 47.5 Å². The summed E-state index contributed by atoms with van der Waals surface area (Å²) >= 11 is 0. The lowest BCUT2D eigenvalue weighted by atomic mass is 9.95. The van der Waals surface area contributed by atoms with Crippen LogP contribution >= 0.6 is 0 Å². The molecule has 1 nitrogen and oxygen atoms in total. The van der Waals surface area contributed by atoms with E-state index in [0.29, 0.717) is 0 Å². The van der Waals surface area contributed by atoms with E-state index in [1.165, 1.54) is 22.3 Å². The van der Waals surface area contributed by atoms with Crippen LogP contribution in [0.5, 0.6) is 0 Å². The first-order chi connectivity index (χ1) is 7.97. The van der Waals surface area contributed by atoms with Crippen LogP contribution in [0.1, 0.15) is 42.5 Å². The average Bonchev–Trinajstić information content (AvgIpc) is 2.27. The van der Waals surface area contributed by atoms with E-state index in [-0.39, 0.29) is 0 Å². The van der Waals surface area contributed by atoms with Crippen LogP contribution in [-0.4, -0.2) is 5.71 Å². The molecule has 0 aliphatic carbocycles. The van der Waals surface area contributed by atoms with E-state index in [2.05, 4.69) is 38.4 Å². The standard InChI is InChI=1S/C16H23N/c1-7-8-9-15-10-12(4)16(17-11(2)3)14(6)13(15)5/h7,10H,1,8-9H2,2-6H3. The molecule has 0 saturated carbocycles. The molecule has 0 aliphatic rings. The topological polar surface area (TPSA) is 12.4 Å². The van der Waals surface area contributed by atoms with Crippen LogP contribution in [0.3, 0.4) is 0 Å². The van der Waals surface area contributed by atoms with Gasteiger partial charge in [0.05, 0.1) is 5.69 Å². The summed E-state index contributed by atoms with van der Waals surface area (Å²) in [6, 6.07) is 2.27. The second-order valence-corrected chi connectivity index (χ2v) is 4.84. The van der Waals surface area contributed by atoms with Crippen molar-refractivity contribution in [3.8, 4) is 0 Å². The van der Waals surface area contributed by atoms with Gasteiger partial charge in [-0.2, -0.15) is 0 Å². The molecule has 0 aromatic heterocycles. The van der Waals surface area contributed by atoms with Crippen molar-refractivity contribution in [3.05, 3.63) is 41.0 Å². The first-order valence-corrected chi connectivity index (χ1v) is 6.19. The molecule has 0 radical (unpaired) electrons. The van der Waals surface area contributed by atoms with Gasteiger partial charge in [-0.05, 0) is 69.7 Å². The van der Waals surface area contributed by atoms with Gasteiger partial charge >= 0.3 is 0 Å². The maximum atomic E-state index is 4.64. The van der Waals surface area contributed by atoms with Crippen LogP contribution in [0.4, 0.5) is 5.69 Å². The monoisotopic (exact) mass is 229 g/mol. The fourth-order valence-corrected chi connectivity index (χ4v) is 2.07. The molecule has 0 fully saturated rings. The van der Waals surface area contributed by atoms with Gasteiger partial charge in [-0.15, -0.1) is 6.58 Å². The fourth-order valence-electron chi connectivity index (χ4n) is 2.07. The van der Waals surface area contributed by atoms with Gasteiger partial charge in [0.2, 0.25) is 0 Å². The summed E-state index contributed by atoms with van der Waals surface area (Å²) in [5, 5.41) is 0. The van der Waals surface area contributed by atoms with Crippen LogP contribution < -0.4 is 0 Å². The lowest BCUT2D eigenvalue weighted by Gasteiger charge is -2.14. The summed E-state index contributed by atoms with van der Waals surface area (Å²) in [4.78, 5) is 4.64. The van der Waals surface area contributed by atoms with Crippen LogP contribution in [0.2, 0.25) is 0 Å². The minimum absolute atomic E-state index is 1.04. The van der Waals surface area contributed by atoms with Crippen molar-refractivity contribution in [1.29, 1.82) is 0 Å². The average molecular weight is 229 g/mol. The Kier molecular flexibility index (Phi) is 4.68. The number of hydrogen-bond donors (Lipinski definition) is 0. The Bertz CT molecular complexity index is 449. The molecule has 0 spiro atoms. The van der Waals surface area contributed by atoms with Gasteiger partial charge in [0, 0.05) is 5.71 Å². The Morgan fingerprint density at radius 2 is 1.88 bits per heavy atom. The molecule has 1 heteroatoms. The van der Waals surface area contributed by atoms with E-state index in [0.717, 1.165) is 24.2 Å². The second-order valence-electron chi connectivity index (χ2n) is 4.84. The third-order valence-electron chi connectivity index (χ3n) is 3.12. The highest BCUT2D eigenvalue weighted by Gasteiger charge is 2.09. The van der Waals surface area contributed by atoms with Crippen LogP contribution in [0.25, 0.3) is 0 Å². The van der Waals surface area contributed by atoms with Crippen molar-refractivity contribution in [2.75, 3.05) is 0 Å². The van der Waals surface area contributed by atoms with Crippen LogP contribution in [0.15, 0.2) is 23.7 Å². The van der Waals surface area contributed by atoms with E-state index >= 15 is 0 Å². The van der Waals surface area contributed by atoms with Gasteiger partial charge in [-0.25, -0.2) is 0 Å². The van der Waals surface area contributed by atoms with E-state index in [9.17, 15) is 0 Å². The minimum atomic E-state index is 1.04. The first-order valence-electron chi connectivity index (χ1n) is 6.19. The van der Waals surface area contributed by atoms with Crippen molar-refractivity contribution >= 4 is 11.4 Å². The minimum Gasteiger partial charge on any atom is -0.258 e. The number of nitrogens with zero attached hydrogens (tertiary/aromatic N) is 1. The molecule has 0 unspecified atom stereocenters. The molecule has 92 valence electrons. The molecule has 1 aromatic rings. The van der Waals surface area contributed by atoms with Crippen LogP contribution in [0, 0.1) is 20.8 Å². The summed E-state index contributed by atoms with van der Waals surface area (Å²) in [5.74, 6) is 0. The molecule has 0 aliphatic heterocycles. The molecule has 0 bridgehead atoms. The first kappa shape index (κ1) is 13.7. The van der Waals surface area contributed by atoms with Crippen molar-refractivity contribution < 1.29 is 0 Å². The Labute approximate surface area is 105 Å². The highest BCUT2D eigenvalue weighted by molar-refractivity contribution is 5.83. The van der Waals surface area contributed by atoms with E-state index in [1.54, 1.807) is 0 Å². The van der Waals surface area contributed by atoms with Gasteiger partial charge in [0.1, 0.15) is 0 Å². The summed E-state index contributed by atoms with van der Waals surface area (Å²) in [5.41, 5.74) is 7.63. The number of allylic oxidation sites excluding steroid dienone is 1. The second kappa shape index (κ2) is 5.81. The molecule has 0 amide bonds. The third kappa shape index (κ3) is 3.29. The lowest BCUT2D eigenvalue weighted by Crippen LogP contribution is -1.96. The Hall–Kier alpha value is -1.37. The SMILES string of the molecule is C=CCCc1cc(C)c(N=C(C)C)c(C)c1C. The summed E-state index contributed by atoms with van der Waals surface area (Å²) in [6.45, 7) is 14.4. The number of rotatable bonds is 4. The predicted molar refractivity (Wildman–Crippen MR) is 77.6 cm³/mol. The number of benzene rings is 1. The lowest BCUT2D eigenvalue weighted by molar-refractivity contribution is 0.979. The molecule has 0 saturated heterocycles. The van der Waals surface area contributed by atoms with Crippen molar-refractivity contribution in [2.24, 2.45) is 4.99 Å². The maximum Gasteiger partial charge on any atom is 0.0689 e. The quantitative estimate of drug-likeness (QED) is 0.517. The predicted octanol–water partition coefficient (Wildman–Crippen LogP) is 4.84. The van der Waals surface area contributed by atoms with Crippen molar-refractivity contribution in [1.82, 2.24) is 0 Å². The molecule has 17 heavy (non-hydrogen) atoms. The van der Waals surface area contributed by atoms with Gasteiger partial charge in [-0.3, -0.25) is 4.99 Å². The summed E-state index contributed by atoms with van der Waals surface area (Å²) in [6.07, 6.45) is 4.09. The zero-order valence-electron chi connectivity index (χ0n) is 11.7. The molecule has 0 atom stereocenters. The number of aliphatic imine (C=N–C) groups is 1. The largest absolute Gasteiger partial charge is 0.258 e. The van der Waals surface area contributed by atoms with Crippen molar-refractivity contribution in [3.63, 3.8) is 0 Å². The van der Waals surface area contributed by atoms with Crippen LogP contribution in [-0.2, 0) is 6.42 Å². The molecular formula is C16H23N. The Balaban J connectivity index is 3.26. The molecule has 0 N–H and O–H groups in total. The Morgan fingerprint density at radius 3 is 2.41 bits per heavy atom. The van der Waals surface area contributed by atoms with E-state index in [1.807, 2.05) is 19.9 Å². The van der Waals surface area contributed by atoms with Gasteiger partial charge < -0.3 is 0 Å². The molecule has 1 rings (SSSR count). The number of hydrogen-bond acceptors (Lipinski definition) is 1. The number of aryl methyl sites for hydroxylation is 2.